The molecule has 0 fully saturated rings. The molecule has 0 aliphatic carbocycles. The molecule has 0 aliphatic rings. The molecule has 2 aromatic rings. The zero-order valence-electron chi connectivity index (χ0n) is 10.8. The molecule has 0 bridgehead atoms. The average Bonchev–Trinajstić information content (AvgIpc) is 2.46. The molecule has 0 spiro atoms. The summed E-state index contributed by atoms with van der Waals surface area (Å²) in [5.41, 5.74) is 1.92. The maximum Gasteiger partial charge on any atom is 0.133 e. The van der Waals surface area contributed by atoms with Crippen molar-refractivity contribution in [2.24, 2.45) is 0 Å². The van der Waals surface area contributed by atoms with Crippen LogP contribution in [0.1, 0.15) is 11.1 Å². The topological polar surface area (TPSA) is 45.0 Å². The third-order valence-electron chi connectivity index (χ3n) is 2.80. The summed E-state index contributed by atoms with van der Waals surface area (Å²) in [6, 6.07) is 11.8. The fourth-order valence-corrected chi connectivity index (χ4v) is 2.37. The van der Waals surface area contributed by atoms with Gasteiger partial charge in [0.15, 0.2) is 0 Å². The maximum absolute atomic E-state index is 13.0. The predicted octanol–water partition coefficient (Wildman–Crippen LogP) is 4.08. The normalized spacial score (nSPS) is 9.90. The molecule has 0 aliphatic heterocycles. The molecule has 0 unspecified atom stereocenters. The highest BCUT2D eigenvalue weighted by Gasteiger charge is 2.05. The summed E-state index contributed by atoms with van der Waals surface area (Å²) >= 11 is 3.42. The first-order valence-electron chi connectivity index (χ1n) is 5.90. The Bertz CT molecular complexity index is 667. The fraction of sp³-hybridized carbons (Fsp3) is 0.133. The van der Waals surface area contributed by atoms with Crippen LogP contribution >= 0.6 is 15.9 Å². The van der Waals surface area contributed by atoms with Crippen molar-refractivity contribution in [3.8, 4) is 11.8 Å². The predicted molar refractivity (Wildman–Crippen MR) is 79.1 cm³/mol. The van der Waals surface area contributed by atoms with Gasteiger partial charge in [0.05, 0.1) is 22.8 Å². The van der Waals surface area contributed by atoms with Crippen LogP contribution in [0.4, 0.5) is 10.1 Å². The third-order valence-corrected chi connectivity index (χ3v) is 3.42. The first kappa shape index (κ1) is 14.4. The van der Waals surface area contributed by atoms with E-state index in [4.69, 9.17) is 10.00 Å². The number of halogens is 2. The summed E-state index contributed by atoms with van der Waals surface area (Å²) in [4.78, 5) is 0. The van der Waals surface area contributed by atoms with E-state index >= 15 is 0 Å². The lowest BCUT2D eigenvalue weighted by molar-refractivity contribution is 0.412. The largest absolute Gasteiger partial charge is 0.496 e. The summed E-state index contributed by atoms with van der Waals surface area (Å²) in [6.07, 6.45) is 0. The van der Waals surface area contributed by atoms with Crippen LogP contribution in [0.2, 0.25) is 0 Å². The smallest absolute Gasteiger partial charge is 0.133 e. The summed E-state index contributed by atoms with van der Waals surface area (Å²) in [6.45, 7) is 0.531. The van der Waals surface area contributed by atoms with Crippen molar-refractivity contribution in [2.75, 3.05) is 12.4 Å². The highest BCUT2D eigenvalue weighted by molar-refractivity contribution is 9.10. The zero-order valence-corrected chi connectivity index (χ0v) is 12.4. The molecular formula is C15H12BrFN2O. The van der Waals surface area contributed by atoms with Gasteiger partial charge < -0.3 is 10.1 Å². The van der Waals surface area contributed by atoms with Gasteiger partial charge in [0.25, 0.3) is 0 Å². The molecule has 1 N–H and O–H groups in total. The summed E-state index contributed by atoms with van der Waals surface area (Å²) in [5.74, 6) is 0.340. The minimum Gasteiger partial charge on any atom is -0.496 e. The van der Waals surface area contributed by atoms with Gasteiger partial charge >= 0.3 is 0 Å². The Morgan fingerprint density at radius 3 is 2.75 bits per heavy atom. The SMILES string of the molecule is COc1ccc(CNc2ccc(F)cc2C#N)cc1Br. The van der Waals surface area contributed by atoms with E-state index in [0.717, 1.165) is 15.8 Å². The number of methoxy groups -OCH3 is 1. The second-order valence-electron chi connectivity index (χ2n) is 4.12. The molecule has 0 radical (unpaired) electrons. The number of hydrogen-bond donors (Lipinski definition) is 1. The molecular weight excluding hydrogens is 323 g/mol. The van der Waals surface area contributed by atoms with Crippen LogP contribution in [0.25, 0.3) is 0 Å². The molecule has 2 aromatic carbocycles. The molecule has 3 nitrogen and oxygen atoms in total. The molecule has 2 rings (SSSR count). The van der Waals surface area contributed by atoms with Crippen LogP contribution in [0.3, 0.4) is 0 Å². The van der Waals surface area contributed by atoms with Gasteiger partial charge in [0, 0.05) is 6.54 Å². The van der Waals surface area contributed by atoms with E-state index in [1.807, 2.05) is 24.3 Å². The van der Waals surface area contributed by atoms with Gasteiger partial charge in [-0.05, 0) is 51.8 Å². The molecule has 102 valence electrons. The second-order valence-corrected chi connectivity index (χ2v) is 4.98. The average molecular weight is 335 g/mol. The van der Waals surface area contributed by atoms with Gasteiger partial charge in [-0.3, -0.25) is 0 Å². The van der Waals surface area contributed by atoms with E-state index in [-0.39, 0.29) is 5.56 Å². The van der Waals surface area contributed by atoms with Crippen LogP contribution in [0, 0.1) is 17.1 Å². The Kier molecular flexibility index (Phi) is 4.59. The number of rotatable bonds is 4. The Morgan fingerprint density at radius 1 is 1.30 bits per heavy atom. The summed E-state index contributed by atoms with van der Waals surface area (Å²) in [5, 5.41) is 12.1. The molecule has 0 aromatic heterocycles. The summed E-state index contributed by atoms with van der Waals surface area (Å²) < 4.78 is 19.1. The van der Waals surface area contributed by atoms with Crippen molar-refractivity contribution in [1.29, 1.82) is 5.26 Å². The highest BCUT2D eigenvalue weighted by Crippen LogP contribution is 2.26. The number of nitrogens with zero attached hydrogens (tertiary/aromatic N) is 1. The maximum atomic E-state index is 13.0. The molecule has 20 heavy (non-hydrogen) atoms. The van der Waals surface area contributed by atoms with Crippen LogP contribution < -0.4 is 10.1 Å². The van der Waals surface area contributed by atoms with E-state index in [2.05, 4.69) is 21.2 Å². The number of ether oxygens (including phenoxy) is 1. The molecule has 0 atom stereocenters. The first-order chi connectivity index (χ1) is 9.63. The zero-order chi connectivity index (χ0) is 14.5. The van der Waals surface area contributed by atoms with Gasteiger partial charge in [-0.25, -0.2) is 4.39 Å². The van der Waals surface area contributed by atoms with Crippen molar-refractivity contribution in [3.05, 3.63) is 57.8 Å². The van der Waals surface area contributed by atoms with Gasteiger partial charge in [-0.15, -0.1) is 0 Å². The standard InChI is InChI=1S/C15H12BrFN2O/c1-20-15-5-2-10(6-13(15)16)9-19-14-4-3-12(17)7-11(14)8-18/h2-7,19H,9H2,1H3. The van der Waals surface area contributed by atoms with E-state index in [1.54, 1.807) is 13.2 Å². The van der Waals surface area contributed by atoms with E-state index in [0.29, 0.717) is 12.2 Å². The van der Waals surface area contributed by atoms with Crippen LogP contribution in [0.5, 0.6) is 5.75 Å². The Morgan fingerprint density at radius 2 is 2.10 bits per heavy atom. The lowest BCUT2D eigenvalue weighted by atomic mass is 10.1. The Labute approximate surface area is 125 Å². The molecule has 0 saturated carbocycles. The second kappa shape index (κ2) is 6.40. The van der Waals surface area contributed by atoms with Crippen LogP contribution in [-0.4, -0.2) is 7.11 Å². The van der Waals surface area contributed by atoms with Gasteiger partial charge in [0.2, 0.25) is 0 Å². The highest BCUT2D eigenvalue weighted by atomic mass is 79.9. The molecule has 5 heteroatoms. The quantitative estimate of drug-likeness (QED) is 0.916. The lowest BCUT2D eigenvalue weighted by Crippen LogP contribution is -2.02. The van der Waals surface area contributed by atoms with Gasteiger partial charge in [0.1, 0.15) is 17.6 Å². The summed E-state index contributed by atoms with van der Waals surface area (Å²) in [7, 11) is 1.61. The number of hydrogen-bond acceptors (Lipinski definition) is 3. The number of benzene rings is 2. The molecule has 0 saturated heterocycles. The monoisotopic (exact) mass is 334 g/mol. The molecule has 0 amide bonds. The van der Waals surface area contributed by atoms with Crippen molar-refractivity contribution in [3.63, 3.8) is 0 Å². The minimum absolute atomic E-state index is 0.289. The first-order valence-corrected chi connectivity index (χ1v) is 6.69. The third kappa shape index (κ3) is 3.28. The fourth-order valence-electron chi connectivity index (χ4n) is 1.78. The Hall–Kier alpha value is -2.06. The molecule has 0 heterocycles. The van der Waals surface area contributed by atoms with Crippen LogP contribution in [0.15, 0.2) is 40.9 Å². The minimum atomic E-state index is -0.417. The van der Waals surface area contributed by atoms with Crippen molar-refractivity contribution < 1.29 is 9.13 Å². The number of nitriles is 1. The van der Waals surface area contributed by atoms with E-state index in [1.165, 1.54) is 12.1 Å². The van der Waals surface area contributed by atoms with Crippen LogP contribution in [-0.2, 0) is 6.54 Å². The van der Waals surface area contributed by atoms with Crippen molar-refractivity contribution >= 4 is 21.6 Å². The van der Waals surface area contributed by atoms with Gasteiger partial charge in [-0.2, -0.15) is 5.26 Å². The van der Waals surface area contributed by atoms with Gasteiger partial charge in [-0.1, -0.05) is 6.07 Å². The lowest BCUT2D eigenvalue weighted by Gasteiger charge is -2.10. The van der Waals surface area contributed by atoms with Crippen molar-refractivity contribution in [1.82, 2.24) is 0 Å². The number of nitrogens with one attached hydrogen (secondary N) is 1. The van der Waals surface area contributed by atoms with E-state index < -0.39 is 5.82 Å². The Balaban J connectivity index is 2.13. The van der Waals surface area contributed by atoms with E-state index in [9.17, 15) is 4.39 Å². The van der Waals surface area contributed by atoms with Crippen molar-refractivity contribution in [2.45, 2.75) is 6.54 Å². The number of anilines is 1.